The lowest BCUT2D eigenvalue weighted by molar-refractivity contribution is -0.132. The van der Waals surface area contributed by atoms with Gasteiger partial charge in [0, 0.05) is 11.3 Å². The normalized spacial score (nSPS) is 17.4. The Kier molecular flexibility index (Phi) is 6.41. The van der Waals surface area contributed by atoms with Gasteiger partial charge in [-0.1, -0.05) is 44.2 Å². The van der Waals surface area contributed by atoms with Gasteiger partial charge in [-0.2, -0.15) is 0 Å². The van der Waals surface area contributed by atoms with Gasteiger partial charge < -0.3 is 14.9 Å². The lowest BCUT2D eigenvalue weighted by atomic mass is 9.94. The summed E-state index contributed by atoms with van der Waals surface area (Å²) in [6.07, 6.45) is 0. The summed E-state index contributed by atoms with van der Waals surface area (Å²) in [5.74, 6) is -0.743. The fourth-order valence-corrected chi connectivity index (χ4v) is 4.07. The number of hydrogen-bond acceptors (Lipinski definition) is 5. The Bertz CT molecular complexity index is 1260. The average molecular weight is 458 g/mol. The summed E-state index contributed by atoms with van der Waals surface area (Å²) in [5.41, 5.74) is 2.21. The zero-order valence-corrected chi connectivity index (χ0v) is 19.4. The molecule has 4 rings (SSSR count). The lowest BCUT2D eigenvalue weighted by Crippen LogP contribution is -2.29. The zero-order chi connectivity index (χ0) is 24.4. The summed E-state index contributed by atoms with van der Waals surface area (Å²) >= 11 is 0. The Morgan fingerprint density at radius 2 is 1.74 bits per heavy atom. The minimum atomic E-state index is -0.897. The number of phenols is 1. The van der Waals surface area contributed by atoms with E-state index in [-0.39, 0.29) is 17.1 Å². The molecular weight excluding hydrogens is 430 g/mol. The predicted molar refractivity (Wildman–Crippen MR) is 131 cm³/mol. The number of Topliss-reactive ketones (excluding diaryl/α,β-unsaturated/α-hetero) is 1. The topological polar surface area (TPSA) is 87.1 Å². The maximum Gasteiger partial charge on any atom is 0.300 e. The van der Waals surface area contributed by atoms with Crippen molar-refractivity contribution >= 4 is 23.1 Å². The molecule has 1 atom stereocenters. The first-order valence-electron chi connectivity index (χ1n) is 11.2. The van der Waals surface area contributed by atoms with Gasteiger partial charge in [0.2, 0.25) is 0 Å². The van der Waals surface area contributed by atoms with E-state index in [0.29, 0.717) is 35.1 Å². The van der Waals surface area contributed by atoms with Crippen molar-refractivity contribution in [2.75, 3.05) is 11.5 Å². The molecule has 1 aliphatic rings. The van der Waals surface area contributed by atoms with E-state index in [4.69, 9.17) is 4.74 Å². The monoisotopic (exact) mass is 457 g/mol. The van der Waals surface area contributed by atoms with Crippen molar-refractivity contribution in [1.29, 1.82) is 0 Å². The summed E-state index contributed by atoms with van der Waals surface area (Å²) in [7, 11) is 0. The van der Waals surface area contributed by atoms with Crippen LogP contribution < -0.4 is 9.64 Å². The SMILES string of the molecule is Cc1cc(/C(O)=C2/C(=O)C(=O)N(c3ccccc3)C2c2cccc(O)c2)ccc1OCC(C)C. The van der Waals surface area contributed by atoms with Gasteiger partial charge in [0.1, 0.15) is 17.3 Å². The molecule has 1 saturated heterocycles. The molecule has 1 fully saturated rings. The van der Waals surface area contributed by atoms with Crippen molar-refractivity contribution in [3.8, 4) is 11.5 Å². The Labute approximate surface area is 198 Å². The number of aromatic hydroxyl groups is 1. The van der Waals surface area contributed by atoms with Crippen LogP contribution in [-0.4, -0.2) is 28.5 Å². The van der Waals surface area contributed by atoms with Crippen molar-refractivity contribution in [3.63, 3.8) is 0 Å². The lowest BCUT2D eigenvalue weighted by Gasteiger charge is -2.25. The molecule has 174 valence electrons. The summed E-state index contributed by atoms with van der Waals surface area (Å²) < 4.78 is 5.82. The van der Waals surface area contributed by atoms with E-state index in [1.807, 2.05) is 13.0 Å². The van der Waals surface area contributed by atoms with Crippen LogP contribution in [-0.2, 0) is 9.59 Å². The molecule has 6 heteroatoms. The highest BCUT2D eigenvalue weighted by Crippen LogP contribution is 2.43. The highest BCUT2D eigenvalue weighted by atomic mass is 16.5. The van der Waals surface area contributed by atoms with Crippen LogP contribution in [0, 0.1) is 12.8 Å². The van der Waals surface area contributed by atoms with Crippen LogP contribution in [0.25, 0.3) is 5.76 Å². The summed E-state index contributed by atoms with van der Waals surface area (Å²) in [4.78, 5) is 27.7. The minimum Gasteiger partial charge on any atom is -0.508 e. The fourth-order valence-electron chi connectivity index (χ4n) is 4.07. The molecule has 1 heterocycles. The van der Waals surface area contributed by atoms with Crippen LogP contribution in [0.4, 0.5) is 5.69 Å². The summed E-state index contributed by atoms with van der Waals surface area (Å²) in [6.45, 7) is 6.54. The molecule has 1 aliphatic heterocycles. The summed E-state index contributed by atoms with van der Waals surface area (Å²) in [5, 5.41) is 21.4. The van der Waals surface area contributed by atoms with E-state index in [1.54, 1.807) is 54.6 Å². The van der Waals surface area contributed by atoms with Crippen molar-refractivity contribution < 1.29 is 24.5 Å². The molecular formula is C28H27NO5. The molecule has 0 radical (unpaired) electrons. The van der Waals surface area contributed by atoms with Gasteiger partial charge in [-0.25, -0.2) is 0 Å². The van der Waals surface area contributed by atoms with Crippen molar-refractivity contribution in [3.05, 3.63) is 95.1 Å². The van der Waals surface area contributed by atoms with Crippen LogP contribution in [0.5, 0.6) is 11.5 Å². The standard InChI is InChI=1S/C28H27NO5/c1-17(2)16-34-23-13-12-20(14-18(23)3)26(31)24-25(19-8-7-11-22(30)15-19)29(28(33)27(24)32)21-9-5-4-6-10-21/h4-15,17,25,30-31H,16H2,1-3H3/b26-24-. The predicted octanol–water partition coefficient (Wildman–Crippen LogP) is 5.36. The first-order valence-corrected chi connectivity index (χ1v) is 11.2. The first-order chi connectivity index (χ1) is 16.3. The number of nitrogens with zero attached hydrogens (tertiary/aromatic N) is 1. The van der Waals surface area contributed by atoms with Crippen LogP contribution >= 0.6 is 0 Å². The Morgan fingerprint density at radius 3 is 2.38 bits per heavy atom. The minimum absolute atomic E-state index is 0.00125. The van der Waals surface area contributed by atoms with Crippen LogP contribution in [0.2, 0.25) is 0 Å². The number of ether oxygens (including phenoxy) is 1. The zero-order valence-electron chi connectivity index (χ0n) is 19.4. The van der Waals surface area contributed by atoms with Gasteiger partial charge in [-0.3, -0.25) is 14.5 Å². The molecule has 0 aliphatic carbocycles. The Balaban J connectivity index is 1.85. The van der Waals surface area contributed by atoms with Gasteiger partial charge in [-0.15, -0.1) is 0 Å². The number of ketones is 1. The second-order valence-corrected chi connectivity index (χ2v) is 8.78. The number of aryl methyl sites for hydroxylation is 1. The van der Waals surface area contributed by atoms with E-state index >= 15 is 0 Å². The van der Waals surface area contributed by atoms with Crippen LogP contribution in [0.1, 0.15) is 36.6 Å². The molecule has 0 bridgehead atoms. The number of anilines is 1. The number of carbonyl (C=O) groups is 2. The quantitative estimate of drug-likeness (QED) is 0.296. The molecule has 1 unspecified atom stereocenters. The second-order valence-electron chi connectivity index (χ2n) is 8.78. The number of phenolic OH excluding ortho intramolecular Hbond substituents is 1. The van der Waals surface area contributed by atoms with E-state index in [2.05, 4.69) is 13.8 Å². The molecule has 3 aromatic carbocycles. The van der Waals surface area contributed by atoms with E-state index in [9.17, 15) is 19.8 Å². The highest BCUT2D eigenvalue weighted by molar-refractivity contribution is 6.51. The third kappa shape index (κ3) is 4.39. The average Bonchev–Trinajstić information content (AvgIpc) is 3.08. The maximum absolute atomic E-state index is 13.2. The Hall–Kier alpha value is -4.06. The van der Waals surface area contributed by atoms with Gasteiger partial charge in [0.15, 0.2) is 0 Å². The molecule has 3 aromatic rings. The fraction of sp³-hybridized carbons (Fsp3) is 0.214. The third-order valence-electron chi connectivity index (χ3n) is 5.69. The molecule has 0 aromatic heterocycles. The number of amides is 1. The Morgan fingerprint density at radius 1 is 1.00 bits per heavy atom. The van der Waals surface area contributed by atoms with Crippen LogP contribution in [0.3, 0.4) is 0 Å². The number of para-hydroxylation sites is 1. The number of aliphatic hydroxyl groups is 1. The van der Waals surface area contributed by atoms with E-state index in [0.717, 1.165) is 5.56 Å². The first kappa shape index (κ1) is 23.1. The highest BCUT2D eigenvalue weighted by Gasteiger charge is 2.47. The van der Waals surface area contributed by atoms with Gasteiger partial charge in [-0.05, 0) is 66.4 Å². The van der Waals surface area contributed by atoms with Crippen molar-refractivity contribution in [2.24, 2.45) is 5.92 Å². The number of benzene rings is 3. The smallest absolute Gasteiger partial charge is 0.300 e. The number of rotatable bonds is 6. The van der Waals surface area contributed by atoms with E-state index in [1.165, 1.54) is 17.0 Å². The molecule has 1 amide bonds. The molecule has 0 spiro atoms. The third-order valence-corrected chi connectivity index (χ3v) is 5.69. The van der Waals surface area contributed by atoms with Crippen LogP contribution in [0.15, 0.2) is 78.4 Å². The number of hydrogen-bond donors (Lipinski definition) is 2. The maximum atomic E-state index is 13.2. The molecule has 2 N–H and O–H groups in total. The number of aliphatic hydroxyl groups excluding tert-OH is 1. The van der Waals surface area contributed by atoms with Gasteiger partial charge in [0.25, 0.3) is 11.7 Å². The van der Waals surface area contributed by atoms with Crippen molar-refractivity contribution in [2.45, 2.75) is 26.8 Å². The number of carbonyl (C=O) groups excluding carboxylic acids is 2. The summed E-state index contributed by atoms with van der Waals surface area (Å²) in [6, 6.07) is 19.4. The largest absolute Gasteiger partial charge is 0.508 e. The van der Waals surface area contributed by atoms with Crippen molar-refractivity contribution in [1.82, 2.24) is 0 Å². The van der Waals surface area contributed by atoms with Gasteiger partial charge in [0.05, 0.1) is 18.2 Å². The molecule has 0 saturated carbocycles. The van der Waals surface area contributed by atoms with E-state index < -0.39 is 17.7 Å². The van der Waals surface area contributed by atoms with Gasteiger partial charge >= 0.3 is 0 Å². The molecule has 6 nitrogen and oxygen atoms in total. The molecule has 34 heavy (non-hydrogen) atoms. The second kappa shape index (κ2) is 9.43.